The van der Waals surface area contributed by atoms with E-state index in [1.165, 1.54) is 16.4 Å². The topological polar surface area (TPSA) is 13.1 Å². The molecule has 0 saturated heterocycles. The summed E-state index contributed by atoms with van der Waals surface area (Å²) in [6, 6.07) is 12.4. The van der Waals surface area contributed by atoms with Crippen LogP contribution in [-0.4, -0.2) is 0 Å². The van der Waals surface area contributed by atoms with E-state index < -0.39 is 0 Å². The Labute approximate surface area is 110 Å². The molecule has 0 bridgehead atoms. The lowest BCUT2D eigenvalue weighted by Crippen LogP contribution is -1.79. The highest BCUT2D eigenvalue weighted by molar-refractivity contribution is 14.1. The Bertz CT molecular complexity index is 445. The Morgan fingerprint density at radius 3 is 2.62 bits per heavy atom. The molecular weight excluding hydrogens is 311 g/mol. The van der Waals surface area contributed by atoms with Crippen LogP contribution in [0.5, 0.6) is 0 Å². The monoisotopic (exact) mass is 326 g/mol. The van der Waals surface area contributed by atoms with Crippen LogP contribution in [0.3, 0.4) is 0 Å². The van der Waals surface area contributed by atoms with Crippen molar-refractivity contribution in [1.29, 1.82) is 0 Å². The minimum Gasteiger partial charge on any atom is -0.460 e. The highest BCUT2D eigenvalue weighted by Crippen LogP contribution is 2.28. The molecule has 2 aromatic rings. The van der Waals surface area contributed by atoms with Gasteiger partial charge in [0.15, 0.2) is 0 Å². The zero-order valence-electron chi connectivity index (χ0n) is 9.37. The molecule has 0 spiro atoms. The van der Waals surface area contributed by atoms with Gasteiger partial charge >= 0.3 is 0 Å². The van der Waals surface area contributed by atoms with Gasteiger partial charge in [0.1, 0.15) is 11.5 Å². The second kappa shape index (κ2) is 5.53. The van der Waals surface area contributed by atoms with E-state index in [9.17, 15) is 0 Å². The molecule has 84 valence electrons. The number of benzene rings is 1. The molecule has 0 aliphatic rings. The van der Waals surface area contributed by atoms with E-state index in [2.05, 4.69) is 47.7 Å². The van der Waals surface area contributed by atoms with Gasteiger partial charge in [0, 0.05) is 12.0 Å². The molecule has 0 atom stereocenters. The maximum atomic E-state index is 5.90. The van der Waals surface area contributed by atoms with Gasteiger partial charge in [0.05, 0.1) is 3.57 Å². The maximum absolute atomic E-state index is 5.90. The first-order chi connectivity index (χ1) is 7.81. The van der Waals surface area contributed by atoms with Crippen LogP contribution in [0.15, 0.2) is 40.8 Å². The Balaban J connectivity index is 2.25. The average Bonchev–Trinajstić information content (AvgIpc) is 2.69. The number of hydrogen-bond acceptors (Lipinski definition) is 1. The lowest BCUT2D eigenvalue weighted by Gasteiger charge is -1.97. The van der Waals surface area contributed by atoms with E-state index in [-0.39, 0.29) is 0 Å². The van der Waals surface area contributed by atoms with Gasteiger partial charge in [-0.15, -0.1) is 0 Å². The van der Waals surface area contributed by atoms with Crippen molar-refractivity contribution in [3.63, 3.8) is 0 Å². The van der Waals surface area contributed by atoms with Crippen LogP contribution in [0.25, 0.3) is 11.3 Å². The van der Waals surface area contributed by atoms with E-state index in [0.29, 0.717) is 0 Å². The SMILES string of the molecule is CCCCc1cc(I)c(-c2ccccc2)o1. The first-order valence-electron chi connectivity index (χ1n) is 5.65. The zero-order chi connectivity index (χ0) is 11.4. The molecule has 2 rings (SSSR count). The fourth-order valence-electron chi connectivity index (χ4n) is 1.68. The van der Waals surface area contributed by atoms with E-state index in [1.807, 2.05) is 18.2 Å². The first-order valence-corrected chi connectivity index (χ1v) is 6.72. The fourth-order valence-corrected chi connectivity index (χ4v) is 2.45. The third-order valence-corrected chi connectivity index (χ3v) is 3.35. The molecule has 0 aliphatic carbocycles. The Morgan fingerprint density at radius 2 is 1.94 bits per heavy atom. The van der Waals surface area contributed by atoms with Gasteiger partial charge in [-0.2, -0.15) is 0 Å². The molecule has 2 heteroatoms. The lowest BCUT2D eigenvalue weighted by atomic mass is 10.2. The van der Waals surface area contributed by atoms with Crippen molar-refractivity contribution in [2.45, 2.75) is 26.2 Å². The number of furan rings is 1. The molecule has 16 heavy (non-hydrogen) atoms. The Morgan fingerprint density at radius 1 is 1.19 bits per heavy atom. The largest absolute Gasteiger partial charge is 0.460 e. The van der Waals surface area contributed by atoms with Crippen molar-refractivity contribution >= 4 is 22.6 Å². The summed E-state index contributed by atoms with van der Waals surface area (Å²) < 4.78 is 7.10. The molecular formula is C14H15IO. The smallest absolute Gasteiger partial charge is 0.147 e. The van der Waals surface area contributed by atoms with Gasteiger partial charge in [-0.05, 0) is 35.1 Å². The van der Waals surface area contributed by atoms with Gasteiger partial charge < -0.3 is 4.42 Å². The van der Waals surface area contributed by atoms with Crippen molar-refractivity contribution in [1.82, 2.24) is 0 Å². The highest BCUT2D eigenvalue weighted by atomic mass is 127. The molecule has 1 heterocycles. The van der Waals surface area contributed by atoms with Gasteiger partial charge in [-0.25, -0.2) is 0 Å². The van der Waals surface area contributed by atoms with E-state index in [4.69, 9.17) is 4.42 Å². The molecule has 0 radical (unpaired) electrons. The summed E-state index contributed by atoms with van der Waals surface area (Å²) in [5.74, 6) is 2.11. The molecule has 0 N–H and O–H groups in total. The molecule has 0 unspecified atom stereocenters. The van der Waals surface area contributed by atoms with Crippen LogP contribution in [0.4, 0.5) is 0 Å². The number of halogens is 1. The third-order valence-electron chi connectivity index (χ3n) is 2.55. The summed E-state index contributed by atoms with van der Waals surface area (Å²) in [6.07, 6.45) is 3.44. The predicted molar refractivity (Wildman–Crippen MR) is 75.5 cm³/mol. The molecule has 0 aliphatic heterocycles. The van der Waals surface area contributed by atoms with Gasteiger partial charge in [0.25, 0.3) is 0 Å². The minimum absolute atomic E-state index is 1.01. The minimum atomic E-state index is 1.01. The fraction of sp³-hybridized carbons (Fsp3) is 0.286. The van der Waals surface area contributed by atoms with E-state index in [0.717, 1.165) is 23.5 Å². The van der Waals surface area contributed by atoms with Crippen LogP contribution in [0, 0.1) is 3.57 Å². The van der Waals surface area contributed by atoms with Crippen molar-refractivity contribution in [2.75, 3.05) is 0 Å². The normalized spacial score (nSPS) is 10.6. The maximum Gasteiger partial charge on any atom is 0.147 e. The number of unbranched alkanes of at least 4 members (excludes halogenated alkanes) is 1. The van der Waals surface area contributed by atoms with Gasteiger partial charge in [-0.1, -0.05) is 43.7 Å². The van der Waals surface area contributed by atoms with Gasteiger partial charge in [0.2, 0.25) is 0 Å². The summed E-state index contributed by atoms with van der Waals surface area (Å²) in [4.78, 5) is 0. The van der Waals surface area contributed by atoms with Crippen LogP contribution in [-0.2, 0) is 6.42 Å². The average molecular weight is 326 g/mol. The van der Waals surface area contributed by atoms with E-state index in [1.54, 1.807) is 0 Å². The molecule has 1 aromatic heterocycles. The number of aryl methyl sites for hydroxylation is 1. The molecule has 1 aromatic carbocycles. The molecule has 0 fully saturated rings. The quantitative estimate of drug-likeness (QED) is 0.729. The lowest BCUT2D eigenvalue weighted by molar-refractivity contribution is 0.512. The summed E-state index contributed by atoms with van der Waals surface area (Å²) in [5, 5.41) is 0. The standard InChI is InChI=1S/C14H15IO/c1-2-3-9-12-10-13(15)14(16-12)11-7-5-4-6-8-11/h4-8,10H,2-3,9H2,1H3. The van der Waals surface area contributed by atoms with Crippen molar-refractivity contribution < 1.29 is 4.42 Å². The second-order valence-electron chi connectivity index (χ2n) is 3.86. The zero-order valence-corrected chi connectivity index (χ0v) is 11.5. The number of hydrogen-bond donors (Lipinski definition) is 0. The number of rotatable bonds is 4. The van der Waals surface area contributed by atoms with Crippen LogP contribution in [0.1, 0.15) is 25.5 Å². The summed E-state index contributed by atoms with van der Waals surface area (Å²) >= 11 is 2.34. The second-order valence-corrected chi connectivity index (χ2v) is 5.02. The molecule has 0 saturated carbocycles. The third kappa shape index (κ3) is 2.67. The van der Waals surface area contributed by atoms with Crippen molar-refractivity contribution in [3.8, 4) is 11.3 Å². The van der Waals surface area contributed by atoms with Crippen LogP contribution < -0.4 is 0 Å². The summed E-state index contributed by atoms with van der Waals surface area (Å²) in [6.45, 7) is 2.20. The van der Waals surface area contributed by atoms with Crippen molar-refractivity contribution in [2.24, 2.45) is 0 Å². The highest BCUT2D eigenvalue weighted by Gasteiger charge is 2.09. The predicted octanol–water partition coefficient (Wildman–Crippen LogP) is 4.89. The van der Waals surface area contributed by atoms with Gasteiger partial charge in [-0.3, -0.25) is 0 Å². The molecule has 1 nitrogen and oxygen atoms in total. The summed E-state index contributed by atoms with van der Waals surface area (Å²) in [5.41, 5.74) is 1.16. The van der Waals surface area contributed by atoms with Crippen LogP contribution in [0.2, 0.25) is 0 Å². The Hall–Kier alpha value is -0.770. The Kier molecular flexibility index (Phi) is 4.04. The van der Waals surface area contributed by atoms with Crippen LogP contribution >= 0.6 is 22.6 Å². The first kappa shape index (κ1) is 11.7. The van der Waals surface area contributed by atoms with Crippen molar-refractivity contribution in [3.05, 3.63) is 45.7 Å². The summed E-state index contributed by atoms with van der Waals surface area (Å²) in [7, 11) is 0. The molecule has 0 amide bonds. The van der Waals surface area contributed by atoms with E-state index >= 15 is 0 Å².